The molecular formula is C23H24O6. The molecule has 3 rings (SSSR count). The van der Waals surface area contributed by atoms with Gasteiger partial charge in [0.05, 0.1) is 26.2 Å². The molecule has 2 aromatic carbocycles. The second kappa shape index (κ2) is 8.47. The molecule has 0 N–H and O–H groups in total. The molecule has 0 radical (unpaired) electrons. The van der Waals surface area contributed by atoms with Crippen molar-refractivity contribution >= 4 is 17.7 Å². The zero-order valence-electron chi connectivity index (χ0n) is 16.7. The van der Waals surface area contributed by atoms with Crippen LogP contribution in [0.4, 0.5) is 0 Å². The lowest BCUT2D eigenvalue weighted by Crippen LogP contribution is -2.34. The zero-order chi connectivity index (χ0) is 21.0. The Bertz CT molecular complexity index is 869. The molecule has 0 amide bonds. The molecular weight excluding hydrogens is 372 g/mol. The van der Waals surface area contributed by atoms with E-state index in [2.05, 4.69) is 0 Å². The van der Waals surface area contributed by atoms with Crippen molar-refractivity contribution in [3.8, 4) is 5.75 Å². The van der Waals surface area contributed by atoms with E-state index in [0.717, 1.165) is 0 Å². The first-order valence-corrected chi connectivity index (χ1v) is 9.59. The van der Waals surface area contributed by atoms with Crippen LogP contribution in [0.25, 0.3) is 0 Å². The predicted octanol–water partition coefficient (Wildman–Crippen LogP) is 3.40. The average molecular weight is 396 g/mol. The van der Waals surface area contributed by atoms with Crippen LogP contribution in [0.3, 0.4) is 0 Å². The molecule has 6 nitrogen and oxygen atoms in total. The van der Waals surface area contributed by atoms with Gasteiger partial charge in [0.15, 0.2) is 11.2 Å². The van der Waals surface area contributed by atoms with E-state index < -0.39 is 29.2 Å². The molecule has 2 atom stereocenters. The van der Waals surface area contributed by atoms with Crippen LogP contribution in [0.15, 0.2) is 54.6 Å². The van der Waals surface area contributed by atoms with Gasteiger partial charge in [-0.25, -0.2) is 0 Å². The molecule has 6 heteroatoms. The topological polar surface area (TPSA) is 78.9 Å². The summed E-state index contributed by atoms with van der Waals surface area (Å²) in [5.41, 5.74) is -0.569. The second-order valence-electron chi connectivity index (χ2n) is 6.77. The molecule has 0 saturated heterocycles. The zero-order valence-corrected chi connectivity index (χ0v) is 16.7. The van der Waals surface area contributed by atoms with Gasteiger partial charge in [0.1, 0.15) is 5.75 Å². The molecule has 1 aliphatic carbocycles. The third-order valence-electron chi connectivity index (χ3n) is 5.25. The molecule has 2 aromatic rings. The number of ether oxygens (including phenoxy) is 3. The number of rotatable bonds is 8. The number of carbonyl (C=O) groups excluding carboxylic acids is 3. The van der Waals surface area contributed by atoms with Gasteiger partial charge < -0.3 is 14.2 Å². The molecule has 0 heterocycles. The van der Waals surface area contributed by atoms with Gasteiger partial charge >= 0.3 is 11.9 Å². The maximum atomic E-state index is 13.3. The van der Waals surface area contributed by atoms with E-state index in [1.165, 1.54) is 0 Å². The minimum absolute atomic E-state index is 0.0988. The van der Waals surface area contributed by atoms with Gasteiger partial charge in [-0.3, -0.25) is 14.4 Å². The maximum Gasteiger partial charge on any atom is 0.324 e. The standard InChI is InChI=1S/C23H24O6/c1-4-28-21(25)23(22(26)29-5-2)18(15-11-13-17(27-3)14-12-15)19(23)20(24)16-9-7-6-8-10-16/h6-14,18-19H,4-5H2,1-3H3/t18-,19+/m1/s1. The highest BCUT2D eigenvalue weighted by atomic mass is 16.6. The van der Waals surface area contributed by atoms with Gasteiger partial charge in [-0.05, 0) is 31.5 Å². The highest BCUT2D eigenvalue weighted by Crippen LogP contribution is 2.67. The van der Waals surface area contributed by atoms with Crippen LogP contribution in [-0.4, -0.2) is 38.0 Å². The first-order valence-electron chi connectivity index (χ1n) is 9.59. The first kappa shape index (κ1) is 20.6. The van der Waals surface area contributed by atoms with E-state index in [9.17, 15) is 14.4 Å². The number of carbonyl (C=O) groups is 3. The number of esters is 2. The summed E-state index contributed by atoms with van der Waals surface area (Å²) in [5, 5.41) is 0. The fourth-order valence-corrected chi connectivity index (χ4v) is 3.89. The summed E-state index contributed by atoms with van der Waals surface area (Å²) in [6.07, 6.45) is 0. The molecule has 1 saturated carbocycles. The van der Waals surface area contributed by atoms with Crippen LogP contribution >= 0.6 is 0 Å². The summed E-state index contributed by atoms with van der Waals surface area (Å²) in [7, 11) is 1.55. The van der Waals surface area contributed by atoms with Crippen molar-refractivity contribution in [1.82, 2.24) is 0 Å². The lowest BCUT2D eigenvalue weighted by atomic mass is 9.97. The fourth-order valence-electron chi connectivity index (χ4n) is 3.89. The van der Waals surface area contributed by atoms with Gasteiger partial charge in [0, 0.05) is 11.5 Å². The molecule has 0 unspecified atom stereocenters. The highest BCUT2D eigenvalue weighted by molar-refractivity contribution is 6.16. The molecule has 0 aromatic heterocycles. The van der Waals surface area contributed by atoms with Crippen molar-refractivity contribution in [3.05, 3.63) is 65.7 Å². The van der Waals surface area contributed by atoms with Crippen LogP contribution < -0.4 is 4.74 Å². The monoisotopic (exact) mass is 396 g/mol. The molecule has 1 fully saturated rings. The Hall–Kier alpha value is -3.15. The first-order chi connectivity index (χ1) is 14.0. The van der Waals surface area contributed by atoms with Gasteiger partial charge in [-0.1, -0.05) is 42.5 Å². The minimum Gasteiger partial charge on any atom is -0.497 e. The van der Waals surface area contributed by atoms with Crippen molar-refractivity contribution in [2.24, 2.45) is 11.3 Å². The third kappa shape index (κ3) is 3.50. The number of hydrogen-bond acceptors (Lipinski definition) is 6. The smallest absolute Gasteiger partial charge is 0.324 e. The third-order valence-corrected chi connectivity index (χ3v) is 5.25. The number of benzene rings is 2. The predicted molar refractivity (Wildman–Crippen MR) is 106 cm³/mol. The van der Waals surface area contributed by atoms with Crippen molar-refractivity contribution in [2.75, 3.05) is 20.3 Å². The Morgan fingerprint density at radius 2 is 1.41 bits per heavy atom. The number of ketones is 1. The van der Waals surface area contributed by atoms with E-state index >= 15 is 0 Å². The lowest BCUT2D eigenvalue weighted by Gasteiger charge is -2.15. The molecule has 0 spiro atoms. The Morgan fingerprint density at radius 1 is 0.862 bits per heavy atom. The average Bonchev–Trinajstić information content (AvgIpc) is 3.45. The normalized spacial score (nSPS) is 19.1. The van der Waals surface area contributed by atoms with E-state index in [1.807, 2.05) is 0 Å². The summed E-state index contributed by atoms with van der Waals surface area (Å²) in [6, 6.07) is 15.6. The van der Waals surface area contributed by atoms with Gasteiger partial charge in [-0.2, -0.15) is 0 Å². The van der Waals surface area contributed by atoms with Crippen molar-refractivity contribution in [3.63, 3.8) is 0 Å². The highest BCUT2D eigenvalue weighted by Gasteiger charge is 2.79. The SMILES string of the molecule is CCOC(=O)C1(C(=O)OCC)[C@H](C(=O)c2ccccc2)[C@H]1c1ccc(OC)cc1. The molecule has 0 bridgehead atoms. The van der Waals surface area contributed by atoms with Gasteiger partial charge in [-0.15, -0.1) is 0 Å². The summed E-state index contributed by atoms with van der Waals surface area (Å²) < 4.78 is 15.7. The van der Waals surface area contributed by atoms with Crippen LogP contribution in [0.5, 0.6) is 5.75 Å². The van der Waals surface area contributed by atoms with E-state index in [4.69, 9.17) is 14.2 Å². The molecule has 0 aliphatic heterocycles. The summed E-state index contributed by atoms with van der Waals surface area (Å²) >= 11 is 0. The fraction of sp³-hybridized carbons (Fsp3) is 0.348. The Kier molecular flexibility index (Phi) is 6.01. The number of hydrogen-bond donors (Lipinski definition) is 0. The molecule has 1 aliphatic rings. The second-order valence-corrected chi connectivity index (χ2v) is 6.77. The molecule has 152 valence electrons. The van der Waals surface area contributed by atoms with E-state index in [1.54, 1.807) is 75.6 Å². The Morgan fingerprint density at radius 3 is 1.90 bits per heavy atom. The van der Waals surface area contributed by atoms with Crippen molar-refractivity contribution in [1.29, 1.82) is 0 Å². The van der Waals surface area contributed by atoms with Gasteiger partial charge in [0.2, 0.25) is 0 Å². The Labute approximate surface area is 169 Å². The van der Waals surface area contributed by atoms with Crippen LogP contribution in [0, 0.1) is 11.3 Å². The van der Waals surface area contributed by atoms with Crippen molar-refractivity contribution in [2.45, 2.75) is 19.8 Å². The van der Waals surface area contributed by atoms with E-state index in [0.29, 0.717) is 16.9 Å². The summed E-state index contributed by atoms with van der Waals surface area (Å²) in [4.78, 5) is 39.3. The number of methoxy groups -OCH3 is 1. The van der Waals surface area contributed by atoms with Crippen LogP contribution in [0.2, 0.25) is 0 Å². The van der Waals surface area contributed by atoms with Crippen LogP contribution in [-0.2, 0) is 19.1 Å². The summed E-state index contributed by atoms with van der Waals surface area (Å²) in [6.45, 7) is 3.52. The quantitative estimate of drug-likeness (QED) is 0.387. The van der Waals surface area contributed by atoms with Gasteiger partial charge in [0.25, 0.3) is 0 Å². The summed E-state index contributed by atoms with van der Waals surface area (Å²) in [5.74, 6) is -2.66. The van der Waals surface area contributed by atoms with E-state index in [-0.39, 0.29) is 19.0 Å². The Balaban J connectivity index is 2.10. The maximum absolute atomic E-state index is 13.3. The molecule has 29 heavy (non-hydrogen) atoms. The largest absolute Gasteiger partial charge is 0.497 e. The minimum atomic E-state index is -1.69. The lowest BCUT2D eigenvalue weighted by molar-refractivity contribution is -0.165. The number of Topliss-reactive ketones (excluding diaryl/α,β-unsaturated/α-hetero) is 1. The van der Waals surface area contributed by atoms with Crippen LogP contribution in [0.1, 0.15) is 35.7 Å². The van der Waals surface area contributed by atoms with Crippen molar-refractivity contribution < 1.29 is 28.6 Å².